The van der Waals surface area contributed by atoms with Crippen LogP contribution in [0.3, 0.4) is 0 Å². The normalized spacial score (nSPS) is 11.6. The SMILES string of the molecule is O=C(C=Cc1ccccc1)N(CCc1ccccc1)CCc1nc(-c2cccc(C(F)(F)F)c2)no1. The van der Waals surface area contributed by atoms with E-state index in [1.807, 2.05) is 60.7 Å². The first kappa shape index (κ1) is 24.9. The van der Waals surface area contributed by atoms with Gasteiger partial charge < -0.3 is 9.42 Å². The molecule has 0 N–H and O–H groups in total. The summed E-state index contributed by atoms with van der Waals surface area (Å²) in [6.07, 6.45) is -0.231. The van der Waals surface area contributed by atoms with Gasteiger partial charge in [0, 0.05) is 31.1 Å². The largest absolute Gasteiger partial charge is 0.416 e. The zero-order valence-corrected chi connectivity index (χ0v) is 19.4. The lowest BCUT2D eigenvalue weighted by atomic mass is 10.1. The number of alkyl halides is 3. The van der Waals surface area contributed by atoms with Crippen molar-refractivity contribution in [1.82, 2.24) is 15.0 Å². The number of rotatable bonds is 9. The third kappa shape index (κ3) is 6.91. The molecule has 1 amide bonds. The summed E-state index contributed by atoms with van der Waals surface area (Å²) < 4.78 is 44.4. The second-order valence-electron chi connectivity index (χ2n) is 8.15. The number of nitrogens with zero attached hydrogens (tertiary/aromatic N) is 3. The van der Waals surface area contributed by atoms with Crippen molar-refractivity contribution in [1.29, 1.82) is 0 Å². The molecule has 184 valence electrons. The lowest BCUT2D eigenvalue weighted by Crippen LogP contribution is -2.33. The smallest absolute Gasteiger partial charge is 0.339 e. The van der Waals surface area contributed by atoms with Crippen LogP contribution in [0.2, 0.25) is 0 Å². The molecule has 5 nitrogen and oxygen atoms in total. The van der Waals surface area contributed by atoms with Crippen LogP contribution in [0, 0.1) is 0 Å². The van der Waals surface area contributed by atoms with Crippen LogP contribution in [-0.4, -0.2) is 34.0 Å². The van der Waals surface area contributed by atoms with Gasteiger partial charge in [-0.15, -0.1) is 0 Å². The molecule has 0 radical (unpaired) electrons. The fraction of sp³-hybridized carbons (Fsp3) is 0.179. The highest BCUT2D eigenvalue weighted by Crippen LogP contribution is 2.31. The second-order valence-corrected chi connectivity index (χ2v) is 8.15. The van der Waals surface area contributed by atoms with Crippen molar-refractivity contribution in [2.45, 2.75) is 19.0 Å². The Labute approximate surface area is 206 Å². The lowest BCUT2D eigenvalue weighted by Gasteiger charge is -2.20. The van der Waals surface area contributed by atoms with Crippen LogP contribution in [0.4, 0.5) is 13.2 Å². The number of carbonyl (C=O) groups is 1. The van der Waals surface area contributed by atoms with Crippen molar-refractivity contribution in [2.24, 2.45) is 0 Å². The Bertz CT molecular complexity index is 1300. The molecule has 0 saturated heterocycles. The van der Waals surface area contributed by atoms with Gasteiger partial charge in [-0.25, -0.2) is 0 Å². The fourth-order valence-corrected chi connectivity index (χ4v) is 3.62. The molecule has 8 heteroatoms. The van der Waals surface area contributed by atoms with Gasteiger partial charge in [0.1, 0.15) is 0 Å². The second kappa shape index (κ2) is 11.5. The molecule has 0 bridgehead atoms. The number of carbonyl (C=O) groups excluding carboxylic acids is 1. The van der Waals surface area contributed by atoms with E-state index in [9.17, 15) is 18.0 Å². The fourth-order valence-electron chi connectivity index (χ4n) is 3.62. The van der Waals surface area contributed by atoms with Gasteiger partial charge in [0.2, 0.25) is 17.6 Å². The van der Waals surface area contributed by atoms with Gasteiger partial charge >= 0.3 is 6.18 Å². The summed E-state index contributed by atoms with van der Waals surface area (Å²) >= 11 is 0. The summed E-state index contributed by atoms with van der Waals surface area (Å²) in [5.74, 6) is 0.154. The maximum atomic E-state index is 13.0. The van der Waals surface area contributed by atoms with E-state index < -0.39 is 11.7 Å². The van der Waals surface area contributed by atoms with Crippen LogP contribution in [0.25, 0.3) is 17.5 Å². The van der Waals surface area contributed by atoms with Crippen molar-refractivity contribution >= 4 is 12.0 Å². The summed E-state index contributed by atoms with van der Waals surface area (Å²) in [4.78, 5) is 18.9. The van der Waals surface area contributed by atoms with Crippen molar-refractivity contribution in [3.8, 4) is 11.4 Å². The Morgan fingerprint density at radius 3 is 2.31 bits per heavy atom. The van der Waals surface area contributed by atoms with E-state index in [0.717, 1.165) is 23.3 Å². The first-order chi connectivity index (χ1) is 17.4. The number of hydrogen-bond donors (Lipinski definition) is 0. The molecule has 0 aliphatic rings. The van der Waals surface area contributed by atoms with Crippen LogP contribution < -0.4 is 0 Å². The number of benzene rings is 3. The number of amides is 1. The number of hydrogen-bond acceptors (Lipinski definition) is 4. The van der Waals surface area contributed by atoms with E-state index in [4.69, 9.17) is 4.52 Å². The van der Waals surface area contributed by atoms with E-state index in [0.29, 0.717) is 19.5 Å². The van der Waals surface area contributed by atoms with Gasteiger partial charge in [-0.1, -0.05) is 78.0 Å². The Kier molecular flexibility index (Phi) is 7.95. The maximum Gasteiger partial charge on any atom is 0.416 e. The van der Waals surface area contributed by atoms with Crippen molar-refractivity contribution in [2.75, 3.05) is 13.1 Å². The Hall–Kier alpha value is -4.20. The van der Waals surface area contributed by atoms with E-state index in [2.05, 4.69) is 10.1 Å². The van der Waals surface area contributed by atoms with Crippen LogP contribution >= 0.6 is 0 Å². The minimum atomic E-state index is -4.46. The van der Waals surface area contributed by atoms with Gasteiger partial charge in [0.15, 0.2) is 0 Å². The molecular formula is C28H24F3N3O2. The molecule has 0 spiro atoms. The highest BCUT2D eigenvalue weighted by molar-refractivity contribution is 5.91. The molecule has 36 heavy (non-hydrogen) atoms. The van der Waals surface area contributed by atoms with Gasteiger partial charge in [-0.3, -0.25) is 4.79 Å². The van der Waals surface area contributed by atoms with E-state index in [-0.39, 0.29) is 29.6 Å². The summed E-state index contributed by atoms with van der Waals surface area (Å²) in [6, 6.07) is 24.1. The topological polar surface area (TPSA) is 59.2 Å². The number of halogens is 3. The van der Waals surface area contributed by atoms with E-state index in [1.165, 1.54) is 18.2 Å². The molecule has 4 rings (SSSR count). The average molecular weight is 492 g/mol. The molecule has 3 aromatic carbocycles. The Morgan fingerprint density at radius 1 is 0.889 bits per heavy atom. The minimum Gasteiger partial charge on any atom is -0.339 e. The summed E-state index contributed by atoms with van der Waals surface area (Å²) in [6.45, 7) is 0.797. The Morgan fingerprint density at radius 2 is 1.58 bits per heavy atom. The zero-order valence-electron chi connectivity index (χ0n) is 19.4. The van der Waals surface area contributed by atoms with Crippen molar-refractivity contribution < 1.29 is 22.5 Å². The predicted molar refractivity (Wildman–Crippen MR) is 131 cm³/mol. The first-order valence-electron chi connectivity index (χ1n) is 11.4. The van der Waals surface area contributed by atoms with E-state index in [1.54, 1.807) is 11.0 Å². The monoisotopic (exact) mass is 491 g/mol. The van der Waals surface area contributed by atoms with Crippen LogP contribution in [-0.2, 0) is 23.8 Å². The van der Waals surface area contributed by atoms with Gasteiger partial charge in [0.25, 0.3) is 0 Å². The first-order valence-corrected chi connectivity index (χ1v) is 11.4. The molecule has 1 aromatic heterocycles. The predicted octanol–water partition coefficient (Wildman–Crippen LogP) is 6.08. The molecule has 1 heterocycles. The lowest BCUT2D eigenvalue weighted by molar-refractivity contribution is -0.137. The van der Waals surface area contributed by atoms with Gasteiger partial charge in [0.05, 0.1) is 5.56 Å². The Balaban J connectivity index is 1.45. The van der Waals surface area contributed by atoms with Crippen molar-refractivity contribution in [3.63, 3.8) is 0 Å². The minimum absolute atomic E-state index is 0.0715. The van der Waals surface area contributed by atoms with E-state index >= 15 is 0 Å². The highest BCUT2D eigenvalue weighted by Gasteiger charge is 2.30. The molecule has 0 aliphatic heterocycles. The van der Waals surface area contributed by atoms with Crippen molar-refractivity contribution in [3.05, 3.63) is 114 Å². The summed E-state index contributed by atoms with van der Waals surface area (Å²) in [5.41, 5.74) is 1.44. The highest BCUT2D eigenvalue weighted by atomic mass is 19.4. The third-order valence-electron chi connectivity index (χ3n) is 5.55. The molecule has 0 atom stereocenters. The zero-order chi connectivity index (χ0) is 25.4. The van der Waals surface area contributed by atoms with Crippen LogP contribution in [0.5, 0.6) is 0 Å². The van der Waals surface area contributed by atoms with Crippen LogP contribution in [0.15, 0.2) is 95.5 Å². The molecule has 0 aliphatic carbocycles. The number of aromatic nitrogens is 2. The third-order valence-corrected chi connectivity index (χ3v) is 5.55. The molecular weight excluding hydrogens is 467 g/mol. The molecule has 0 fully saturated rings. The molecule has 0 saturated carbocycles. The summed E-state index contributed by atoms with van der Waals surface area (Å²) in [7, 11) is 0. The molecule has 0 unspecified atom stereocenters. The average Bonchev–Trinajstić information content (AvgIpc) is 3.37. The van der Waals surface area contributed by atoms with Crippen LogP contribution in [0.1, 0.15) is 22.6 Å². The van der Waals surface area contributed by atoms with Gasteiger partial charge in [-0.2, -0.15) is 18.2 Å². The summed E-state index contributed by atoms with van der Waals surface area (Å²) in [5, 5.41) is 3.83. The van der Waals surface area contributed by atoms with Gasteiger partial charge in [-0.05, 0) is 35.8 Å². The standard InChI is InChI=1S/C28H24F3N3O2/c29-28(30,31)24-13-7-12-23(20-24)27-32-25(36-33-27)17-19-34(18-16-22-10-5-2-6-11-22)26(35)15-14-21-8-3-1-4-9-21/h1-15,20H,16-19H2. The quantitative estimate of drug-likeness (QED) is 0.266. The molecule has 4 aromatic rings. The maximum absolute atomic E-state index is 13.0.